The lowest BCUT2D eigenvalue weighted by atomic mass is 9.85. The van der Waals surface area contributed by atoms with E-state index in [0.29, 0.717) is 24.6 Å². The van der Waals surface area contributed by atoms with E-state index in [9.17, 15) is 9.59 Å². The molecule has 8 nitrogen and oxygen atoms in total. The predicted molar refractivity (Wildman–Crippen MR) is 89.1 cm³/mol. The van der Waals surface area contributed by atoms with Crippen molar-refractivity contribution in [1.82, 2.24) is 20.8 Å². The maximum Gasteiger partial charge on any atom is 0.315 e. The Morgan fingerprint density at radius 3 is 2.04 bits per heavy atom. The van der Waals surface area contributed by atoms with Crippen LogP contribution in [-0.4, -0.2) is 39.3 Å². The number of hydrogen-bond donors (Lipinski definition) is 3. The Bertz CT molecular complexity index is 602. The predicted octanol–water partition coefficient (Wildman–Crippen LogP) is 2.35. The minimum absolute atomic E-state index is 0.0771. The van der Waals surface area contributed by atoms with Gasteiger partial charge in [0.2, 0.25) is 5.89 Å². The third-order valence-corrected chi connectivity index (χ3v) is 5.37. The Labute approximate surface area is 146 Å². The lowest BCUT2D eigenvalue weighted by molar-refractivity contribution is -0.142. The van der Waals surface area contributed by atoms with Gasteiger partial charge in [0.25, 0.3) is 0 Å². The summed E-state index contributed by atoms with van der Waals surface area (Å²) < 4.78 is 5.24. The van der Waals surface area contributed by atoms with E-state index in [1.807, 2.05) is 6.92 Å². The molecule has 0 saturated heterocycles. The monoisotopic (exact) mass is 350 g/mol. The standard InChI is InChI=1S/C17H26N4O4/c1-10-18-15(25-21-10)11-2-6-13(7-3-11)19-17(24)20-14-8-4-12(5-9-14)16(22)23/h11-14H,2-9H2,1H3,(H,22,23)(H2,19,20,24). The van der Waals surface area contributed by atoms with Crippen molar-refractivity contribution < 1.29 is 19.2 Å². The van der Waals surface area contributed by atoms with E-state index in [1.54, 1.807) is 0 Å². The highest BCUT2D eigenvalue weighted by Gasteiger charge is 2.29. The van der Waals surface area contributed by atoms with Gasteiger partial charge in [-0.3, -0.25) is 4.79 Å². The Balaban J connectivity index is 1.37. The number of carboxylic acid groups (broad SMARTS) is 1. The summed E-state index contributed by atoms with van der Waals surface area (Å²) in [6.07, 6.45) is 6.37. The van der Waals surface area contributed by atoms with Crippen LogP contribution < -0.4 is 10.6 Å². The normalized spacial score (nSPS) is 29.8. The Morgan fingerprint density at radius 1 is 1.00 bits per heavy atom. The summed E-state index contributed by atoms with van der Waals surface area (Å²) in [7, 11) is 0. The highest BCUT2D eigenvalue weighted by Crippen LogP contribution is 2.32. The molecular formula is C17H26N4O4. The van der Waals surface area contributed by atoms with Gasteiger partial charge in [-0.2, -0.15) is 4.98 Å². The summed E-state index contributed by atoms with van der Waals surface area (Å²) >= 11 is 0. The van der Waals surface area contributed by atoms with Gasteiger partial charge < -0.3 is 20.3 Å². The van der Waals surface area contributed by atoms with Crippen molar-refractivity contribution in [2.75, 3.05) is 0 Å². The fourth-order valence-electron chi connectivity index (χ4n) is 3.86. The van der Waals surface area contributed by atoms with Crippen molar-refractivity contribution >= 4 is 12.0 Å². The maximum atomic E-state index is 12.2. The molecule has 2 aliphatic carbocycles. The number of carboxylic acids is 1. The largest absolute Gasteiger partial charge is 0.481 e. The van der Waals surface area contributed by atoms with E-state index in [2.05, 4.69) is 20.8 Å². The van der Waals surface area contributed by atoms with Gasteiger partial charge in [0.15, 0.2) is 5.82 Å². The molecule has 2 saturated carbocycles. The molecule has 0 unspecified atom stereocenters. The zero-order valence-electron chi connectivity index (χ0n) is 14.5. The van der Waals surface area contributed by atoms with Crippen LogP contribution >= 0.6 is 0 Å². The molecule has 1 heterocycles. The van der Waals surface area contributed by atoms with Crippen molar-refractivity contribution in [3.8, 4) is 0 Å². The Morgan fingerprint density at radius 2 is 1.56 bits per heavy atom. The van der Waals surface area contributed by atoms with Crippen molar-refractivity contribution in [3.05, 3.63) is 11.7 Å². The molecule has 25 heavy (non-hydrogen) atoms. The summed E-state index contributed by atoms with van der Waals surface area (Å²) in [6, 6.07) is 0.0970. The van der Waals surface area contributed by atoms with Crippen molar-refractivity contribution in [2.45, 2.75) is 76.3 Å². The number of hydrogen-bond acceptors (Lipinski definition) is 5. The van der Waals surface area contributed by atoms with Gasteiger partial charge in [0.05, 0.1) is 5.92 Å². The van der Waals surface area contributed by atoms with Crippen LogP contribution in [0.25, 0.3) is 0 Å². The first-order valence-corrected chi connectivity index (χ1v) is 9.11. The number of aryl methyl sites for hydroxylation is 1. The molecule has 3 rings (SSSR count). The molecule has 1 aromatic rings. The van der Waals surface area contributed by atoms with Gasteiger partial charge in [-0.05, 0) is 58.3 Å². The summed E-state index contributed by atoms with van der Waals surface area (Å²) in [6.45, 7) is 1.81. The smallest absolute Gasteiger partial charge is 0.315 e. The summed E-state index contributed by atoms with van der Waals surface area (Å²) in [5.41, 5.74) is 0. The number of carbonyl (C=O) groups is 2. The van der Waals surface area contributed by atoms with Gasteiger partial charge in [0.1, 0.15) is 0 Å². The first-order valence-electron chi connectivity index (χ1n) is 9.11. The molecule has 2 amide bonds. The third-order valence-electron chi connectivity index (χ3n) is 5.37. The lowest BCUT2D eigenvalue weighted by Crippen LogP contribution is -2.48. The molecule has 0 radical (unpaired) electrons. The second-order valence-corrected chi connectivity index (χ2v) is 7.23. The second kappa shape index (κ2) is 7.84. The molecular weight excluding hydrogens is 324 g/mol. The highest BCUT2D eigenvalue weighted by molar-refractivity contribution is 5.74. The van der Waals surface area contributed by atoms with Gasteiger partial charge in [-0.1, -0.05) is 5.16 Å². The van der Waals surface area contributed by atoms with Gasteiger partial charge in [0, 0.05) is 18.0 Å². The molecule has 0 aromatic carbocycles. The average Bonchev–Trinajstić information content (AvgIpc) is 3.02. The molecule has 138 valence electrons. The topological polar surface area (TPSA) is 117 Å². The third kappa shape index (κ3) is 4.70. The van der Waals surface area contributed by atoms with E-state index < -0.39 is 5.97 Å². The molecule has 0 spiro atoms. The van der Waals surface area contributed by atoms with E-state index in [4.69, 9.17) is 9.63 Å². The van der Waals surface area contributed by atoms with Crippen LogP contribution in [0.2, 0.25) is 0 Å². The zero-order valence-corrected chi connectivity index (χ0v) is 14.5. The quantitative estimate of drug-likeness (QED) is 0.767. The molecule has 0 aliphatic heterocycles. The number of urea groups is 1. The van der Waals surface area contributed by atoms with Gasteiger partial charge in [-0.15, -0.1) is 0 Å². The first-order chi connectivity index (χ1) is 12.0. The Kier molecular flexibility index (Phi) is 5.55. The second-order valence-electron chi connectivity index (χ2n) is 7.23. The van der Waals surface area contributed by atoms with Gasteiger partial charge >= 0.3 is 12.0 Å². The lowest BCUT2D eigenvalue weighted by Gasteiger charge is -2.30. The number of carbonyl (C=O) groups excluding carboxylic acids is 1. The van der Waals surface area contributed by atoms with Crippen LogP contribution in [0.5, 0.6) is 0 Å². The van der Waals surface area contributed by atoms with Crippen LogP contribution in [0.1, 0.15) is 69.0 Å². The summed E-state index contributed by atoms with van der Waals surface area (Å²) in [5, 5.41) is 18.9. The Hall–Kier alpha value is -2.12. The van der Waals surface area contributed by atoms with Gasteiger partial charge in [-0.25, -0.2) is 4.79 Å². The van der Waals surface area contributed by atoms with Crippen LogP contribution in [0.15, 0.2) is 4.52 Å². The summed E-state index contributed by atoms with van der Waals surface area (Å²) in [5.74, 6) is 0.664. The molecule has 2 fully saturated rings. The van der Waals surface area contributed by atoms with E-state index in [1.165, 1.54) is 0 Å². The zero-order chi connectivity index (χ0) is 17.8. The van der Waals surface area contributed by atoms with Crippen LogP contribution in [-0.2, 0) is 4.79 Å². The SMILES string of the molecule is Cc1noc(C2CCC(NC(=O)NC3CCC(C(=O)O)CC3)CC2)n1. The number of amides is 2. The van der Waals surface area contributed by atoms with E-state index in [0.717, 1.165) is 38.5 Å². The van der Waals surface area contributed by atoms with Crippen LogP contribution in [0.4, 0.5) is 4.79 Å². The molecule has 1 aromatic heterocycles. The minimum atomic E-state index is -0.726. The molecule has 3 N–H and O–H groups in total. The molecule has 0 atom stereocenters. The highest BCUT2D eigenvalue weighted by atomic mass is 16.5. The molecule has 0 bridgehead atoms. The number of nitrogens with zero attached hydrogens (tertiary/aromatic N) is 2. The number of nitrogens with one attached hydrogen (secondary N) is 2. The summed E-state index contributed by atoms with van der Waals surface area (Å²) in [4.78, 5) is 27.4. The maximum absolute atomic E-state index is 12.2. The van der Waals surface area contributed by atoms with Crippen LogP contribution in [0.3, 0.4) is 0 Å². The average molecular weight is 350 g/mol. The van der Waals surface area contributed by atoms with Crippen molar-refractivity contribution in [3.63, 3.8) is 0 Å². The number of aromatic nitrogens is 2. The fourth-order valence-corrected chi connectivity index (χ4v) is 3.86. The first kappa shape index (κ1) is 17.7. The van der Waals surface area contributed by atoms with Crippen LogP contribution in [0, 0.1) is 12.8 Å². The van der Waals surface area contributed by atoms with Crippen molar-refractivity contribution in [1.29, 1.82) is 0 Å². The minimum Gasteiger partial charge on any atom is -0.481 e. The number of rotatable bonds is 4. The van der Waals surface area contributed by atoms with E-state index in [-0.39, 0.29) is 30.0 Å². The van der Waals surface area contributed by atoms with E-state index >= 15 is 0 Å². The fraction of sp³-hybridized carbons (Fsp3) is 0.765. The number of aliphatic carboxylic acids is 1. The van der Waals surface area contributed by atoms with Crippen molar-refractivity contribution in [2.24, 2.45) is 5.92 Å². The molecule has 8 heteroatoms. The molecule has 2 aliphatic rings.